The molecule has 2 rings (SSSR count). The molecule has 1 aromatic carbocycles. The minimum absolute atomic E-state index is 0.0115. The average Bonchev–Trinajstić information content (AvgIpc) is 2.97. The number of aromatic nitrogens is 1. The number of carboxylic acids is 1. The monoisotopic (exact) mass is 315 g/mol. The van der Waals surface area contributed by atoms with E-state index in [1.54, 1.807) is 22.9 Å². The maximum atomic E-state index is 11.8. The zero-order chi connectivity index (χ0) is 16.5. The van der Waals surface area contributed by atoms with E-state index < -0.39 is 11.9 Å². The number of aliphatic carboxylic acids is 1. The molecule has 6 nitrogen and oxygen atoms in total. The number of hydrogen-bond acceptors (Lipinski definition) is 4. The van der Waals surface area contributed by atoms with Crippen LogP contribution in [0.1, 0.15) is 5.69 Å². The predicted molar refractivity (Wildman–Crippen MR) is 84.0 cm³/mol. The topological polar surface area (TPSA) is 77.8 Å². The summed E-state index contributed by atoms with van der Waals surface area (Å²) in [6.45, 7) is 0.431. The molecule has 0 aliphatic heterocycles. The first-order valence-corrected chi connectivity index (χ1v) is 7.05. The Bertz CT molecular complexity index is 675. The van der Waals surface area contributed by atoms with Crippen molar-refractivity contribution < 1.29 is 24.2 Å². The van der Waals surface area contributed by atoms with Gasteiger partial charge in [-0.2, -0.15) is 0 Å². The normalized spacial score (nSPS) is 10.6. The third kappa shape index (κ3) is 5.70. The Labute approximate surface area is 133 Å². The molecule has 0 fully saturated rings. The van der Waals surface area contributed by atoms with E-state index in [9.17, 15) is 9.59 Å². The Morgan fingerprint density at radius 3 is 2.61 bits per heavy atom. The number of rotatable bonds is 8. The van der Waals surface area contributed by atoms with Crippen molar-refractivity contribution in [2.45, 2.75) is 6.54 Å². The van der Waals surface area contributed by atoms with Crippen molar-refractivity contribution in [1.29, 1.82) is 0 Å². The fourth-order valence-corrected chi connectivity index (χ4v) is 1.90. The van der Waals surface area contributed by atoms with Gasteiger partial charge in [-0.15, -0.1) is 0 Å². The van der Waals surface area contributed by atoms with Gasteiger partial charge in [0.15, 0.2) is 0 Å². The van der Waals surface area contributed by atoms with Crippen molar-refractivity contribution in [2.24, 2.45) is 0 Å². The van der Waals surface area contributed by atoms with Crippen LogP contribution in [0.2, 0.25) is 0 Å². The minimum Gasteiger partial charge on any atom is -0.490 e. The molecule has 2 aromatic rings. The second-order valence-electron chi connectivity index (χ2n) is 4.61. The first-order valence-electron chi connectivity index (χ1n) is 7.05. The van der Waals surface area contributed by atoms with Gasteiger partial charge in [0.25, 0.3) is 0 Å². The van der Waals surface area contributed by atoms with Crippen molar-refractivity contribution in [1.82, 2.24) is 4.57 Å². The SMILES string of the molecule is O=C(O)/C=C/c1cccn1CC(=O)OCCOc1ccccc1. The van der Waals surface area contributed by atoms with E-state index in [1.165, 1.54) is 6.08 Å². The largest absolute Gasteiger partial charge is 0.490 e. The molecule has 0 amide bonds. The number of carbonyl (C=O) groups is 2. The zero-order valence-corrected chi connectivity index (χ0v) is 12.4. The van der Waals surface area contributed by atoms with Gasteiger partial charge in [0.2, 0.25) is 0 Å². The summed E-state index contributed by atoms with van der Waals surface area (Å²) in [6, 6.07) is 12.7. The molecule has 0 spiro atoms. The molecule has 0 unspecified atom stereocenters. The van der Waals surface area contributed by atoms with Gasteiger partial charge >= 0.3 is 11.9 Å². The van der Waals surface area contributed by atoms with Crippen molar-refractivity contribution in [3.63, 3.8) is 0 Å². The lowest BCUT2D eigenvalue weighted by molar-refractivity contribution is -0.145. The maximum Gasteiger partial charge on any atom is 0.328 e. The second kappa shape index (κ2) is 8.43. The minimum atomic E-state index is -1.04. The van der Waals surface area contributed by atoms with Crippen LogP contribution in [0.4, 0.5) is 0 Å². The molecule has 1 N–H and O–H groups in total. The van der Waals surface area contributed by atoms with Crippen LogP contribution in [-0.2, 0) is 20.9 Å². The molecule has 1 heterocycles. The fourth-order valence-electron chi connectivity index (χ4n) is 1.90. The van der Waals surface area contributed by atoms with Gasteiger partial charge in [-0.25, -0.2) is 4.79 Å². The highest BCUT2D eigenvalue weighted by atomic mass is 16.6. The molecule has 1 aromatic heterocycles. The Morgan fingerprint density at radius 1 is 1.09 bits per heavy atom. The van der Waals surface area contributed by atoms with E-state index in [-0.39, 0.29) is 19.8 Å². The number of hydrogen-bond donors (Lipinski definition) is 1. The molecule has 120 valence electrons. The van der Waals surface area contributed by atoms with E-state index in [1.807, 2.05) is 30.3 Å². The smallest absolute Gasteiger partial charge is 0.328 e. The van der Waals surface area contributed by atoms with E-state index >= 15 is 0 Å². The van der Waals surface area contributed by atoms with Crippen LogP contribution in [0, 0.1) is 0 Å². The highest BCUT2D eigenvalue weighted by Gasteiger charge is 2.06. The summed E-state index contributed by atoms with van der Waals surface area (Å²) in [7, 11) is 0. The van der Waals surface area contributed by atoms with Gasteiger partial charge in [0.1, 0.15) is 25.5 Å². The molecule has 0 radical (unpaired) electrons. The highest BCUT2D eigenvalue weighted by Crippen LogP contribution is 2.08. The summed E-state index contributed by atoms with van der Waals surface area (Å²) >= 11 is 0. The zero-order valence-electron chi connectivity index (χ0n) is 12.4. The first kappa shape index (κ1) is 16.4. The number of ether oxygens (including phenoxy) is 2. The quantitative estimate of drug-likeness (QED) is 0.459. The van der Waals surface area contributed by atoms with Crippen molar-refractivity contribution in [3.8, 4) is 5.75 Å². The van der Waals surface area contributed by atoms with Gasteiger partial charge in [-0.1, -0.05) is 18.2 Å². The van der Waals surface area contributed by atoms with Crippen LogP contribution in [0.25, 0.3) is 6.08 Å². The lowest BCUT2D eigenvalue weighted by Gasteiger charge is -2.09. The molecule has 0 saturated heterocycles. The Kier molecular flexibility index (Phi) is 5.99. The van der Waals surface area contributed by atoms with Crippen LogP contribution in [0.15, 0.2) is 54.7 Å². The average molecular weight is 315 g/mol. The number of para-hydroxylation sites is 1. The van der Waals surface area contributed by atoms with Crippen LogP contribution in [0.5, 0.6) is 5.75 Å². The summed E-state index contributed by atoms with van der Waals surface area (Å²) in [5, 5.41) is 8.62. The van der Waals surface area contributed by atoms with E-state index in [0.29, 0.717) is 5.69 Å². The fraction of sp³-hybridized carbons (Fsp3) is 0.176. The summed E-state index contributed by atoms with van der Waals surface area (Å²) in [6.07, 6.45) is 4.13. The Morgan fingerprint density at radius 2 is 1.87 bits per heavy atom. The van der Waals surface area contributed by atoms with Crippen molar-refractivity contribution >= 4 is 18.0 Å². The second-order valence-corrected chi connectivity index (χ2v) is 4.61. The van der Waals surface area contributed by atoms with E-state index in [2.05, 4.69) is 0 Å². The van der Waals surface area contributed by atoms with Crippen molar-refractivity contribution in [3.05, 3.63) is 60.4 Å². The predicted octanol–water partition coefficient (Wildman–Crippen LogP) is 2.21. The van der Waals surface area contributed by atoms with Gasteiger partial charge in [0, 0.05) is 18.0 Å². The number of nitrogens with zero attached hydrogens (tertiary/aromatic N) is 1. The summed E-state index contributed by atoms with van der Waals surface area (Å²) in [5.74, 6) is -0.740. The number of benzene rings is 1. The van der Waals surface area contributed by atoms with Gasteiger partial charge in [-0.05, 0) is 30.3 Å². The molecule has 0 aliphatic carbocycles. The molecule has 0 saturated carbocycles. The van der Waals surface area contributed by atoms with Gasteiger partial charge < -0.3 is 19.1 Å². The third-order valence-electron chi connectivity index (χ3n) is 2.92. The maximum absolute atomic E-state index is 11.8. The van der Waals surface area contributed by atoms with Gasteiger partial charge in [-0.3, -0.25) is 4.79 Å². The summed E-state index contributed by atoms with van der Waals surface area (Å²) in [5.41, 5.74) is 0.616. The number of carbonyl (C=O) groups excluding carboxylic acids is 1. The van der Waals surface area contributed by atoms with Crippen LogP contribution >= 0.6 is 0 Å². The lowest BCUT2D eigenvalue weighted by atomic mass is 10.3. The number of esters is 1. The summed E-state index contributed by atoms with van der Waals surface area (Å²) < 4.78 is 12.1. The van der Waals surface area contributed by atoms with Crippen LogP contribution < -0.4 is 4.74 Å². The molecular formula is C17H17NO5. The van der Waals surface area contributed by atoms with E-state index in [4.69, 9.17) is 14.6 Å². The molecule has 0 atom stereocenters. The third-order valence-corrected chi connectivity index (χ3v) is 2.92. The summed E-state index contributed by atoms with van der Waals surface area (Å²) in [4.78, 5) is 22.3. The Hall–Kier alpha value is -3.02. The first-order chi connectivity index (χ1) is 11.1. The molecule has 0 aliphatic rings. The lowest BCUT2D eigenvalue weighted by Crippen LogP contribution is -2.17. The van der Waals surface area contributed by atoms with Gasteiger partial charge in [0.05, 0.1) is 0 Å². The molecule has 23 heavy (non-hydrogen) atoms. The molecular weight excluding hydrogens is 298 g/mol. The molecule has 0 bridgehead atoms. The molecule has 6 heteroatoms. The number of carboxylic acid groups (broad SMARTS) is 1. The van der Waals surface area contributed by atoms with Crippen LogP contribution in [-0.4, -0.2) is 34.8 Å². The highest BCUT2D eigenvalue weighted by molar-refractivity contribution is 5.85. The van der Waals surface area contributed by atoms with Crippen molar-refractivity contribution in [2.75, 3.05) is 13.2 Å². The van der Waals surface area contributed by atoms with Crippen LogP contribution in [0.3, 0.4) is 0 Å². The standard InChI is InChI=1S/C17H17NO5/c19-16(20)9-8-14-5-4-10-18(14)13-17(21)23-12-11-22-15-6-2-1-3-7-15/h1-10H,11-13H2,(H,19,20)/b9-8+. The Balaban J connectivity index is 1.75. The van der Waals surface area contributed by atoms with E-state index in [0.717, 1.165) is 11.8 Å².